The summed E-state index contributed by atoms with van der Waals surface area (Å²) in [4.78, 5) is 1.43. The van der Waals surface area contributed by atoms with Crippen LogP contribution in [0.15, 0.2) is 76.3 Å². The van der Waals surface area contributed by atoms with Crippen molar-refractivity contribution >= 4 is 17.8 Å². The van der Waals surface area contributed by atoms with Crippen molar-refractivity contribution in [2.45, 2.75) is 32.4 Å². The van der Waals surface area contributed by atoms with Crippen LogP contribution < -0.4 is 24.8 Å². The Hall–Kier alpha value is -0.267. The Bertz CT molecular complexity index is 738. The molecule has 0 amide bonds. The Labute approximate surface area is 187 Å². The molecule has 1 aromatic rings. The number of thioether (sulfide) groups is 1. The van der Waals surface area contributed by atoms with E-state index in [0.717, 1.165) is 6.42 Å². The molecule has 0 nitrogen and oxygen atoms in total. The first-order chi connectivity index (χ1) is 10.6. The molecule has 130 valence electrons. The van der Waals surface area contributed by atoms with Gasteiger partial charge in [-0.2, -0.15) is 0 Å². The molecule has 25 heavy (non-hydrogen) atoms. The van der Waals surface area contributed by atoms with E-state index in [1.165, 1.54) is 32.8 Å². The molecular weight excluding hydrogens is 446 g/mol. The second-order valence-electron chi connectivity index (χ2n) is 6.20. The predicted molar refractivity (Wildman–Crippen MR) is 99.9 cm³/mol. The summed E-state index contributed by atoms with van der Waals surface area (Å²) < 4.78 is 0. The zero-order valence-corrected chi connectivity index (χ0v) is 19.5. The van der Waals surface area contributed by atoms with Gasteiger partial charge in [-0.3, -0.25) is 0 Å². The molecule has 2 aliphatic carbocycles. The van der Waals surface area contributed by atoms with Crippen LogP contribution in [0.25, 0.3) is 6.08 Å². The first kappa shape index (κ1) is 24.7. The number of hydrogen-bond acceptors (Lipinski definition) is 1. The van der Waals surface area contributed by atoms with Gasteiger partial charge in [0, 0.05) is 10.2 Å². The van der Waals surface area contributed by atoms with Crippen LogP contribution in [0.4, 0.5) is 0 Å². The predicted octanol–water partition coefficient (Wildman–Crippen LogP) is 0.0996. The number of benzene rings is 1. The fourth-order valence-corrected chi connectivity index (χ4v) is 4.16. The number of hydrogen-bond donors (Lipinski definition) is 0. The minimum Gasteiger partial charge on any atom is -1.00 e. The number of allylic oxidation sites excluding steroid dienone is 6. The minimum absolute atomic E-state index is 0. The zero-order valence-electron chi connectivity index (χ0n) is 14.7. The summed E-state index contributed by atoms with van der Waals surface area (Å²) in [5, 5.41) is 0.571. The van der Waals surface area contributed by atoms with E-state index >= 15 is 0 Å². The van der Waals surface area contributed by atoms with E-state index in [4.69, 9.17) is 0 Å². The van der Waals surface area contributed by atoms with Crippen molar-refractivity contribution in [3.8, 4) is 0 Å². The van der Waals surface area contributed by atoms with Crippen molar-refractivity contribution in [2.75, 3.05) is 0 Å². The van der Waals surface area contributed by atoms with Gasteiger partial charge >= 0.3 is 26.2 Å². The van der Waals surface area contributed by atoms with Crippen LogP contribution in [0.5, 0.6) is 0 Å². The average molecular weight is 469 g/mol. The summed E-state index contributed by atoms with van der Waals surface area (Å²) in [5.41, 5.74) is 7.15. The second kappa shape index (κ2) is 11.4. The molecule has 0 bridgehead atoms. The summed E-state index contributed by atoms with van der Waals surface area (Å²) in [6.07, 6.45) is 14.5. The average Bonchev–Trinajstić information content (AvgIpc) is 3.11. The largest absolute Gasteiger partial charge is 2.00 e. The number of fused-ring (bicyclic) bond motifs is 2. The third-order valence-electron chi connectivity index (χ3n) is 3.84. The number of rotatable bonds is 1. The Morgan fingerprint density at radius 2 is 1.88 bits per heavy atom. The van der Waals surface area contributed by atoms with Crippen LogP contribution in [0.2, 0.25) is 0 Å². The van der Waals surface area contributed by atoms with E-state index in [1.807, 2.05) is 11.8 Å². The first-order valence-corrected chi connectivity index (χ1v) is 8.67. The van der Waals surface area contributed by atoms with Gasteiger partial charge in [-0.1, -0.05) is 65.8 Å². The summed E-state index contributed by atoms with van der Waals surface area (Å²) in [5.74, 6) is 0. The molecule has 1 unspecified atom stereocenters. The third-order valence-corrected chi connectivity index (χ3v) is 5.01. The first-order valence-electron chi connectivity index (χ1n) is 7.79. The van der Waals surface area contributed by atoms with Gasteiger partial charge in [-0.05, 0) is 50.0 Å². The Morgan fingerprint density at radius 1 is 1.16 bits per heavy atom. The molecule has 1 aromatic carbocycles. The van der Waals surface area contributed by atoms with Crippen LogP contribution in [0, 0.1) is 0 Å². The van der Waals surface area contributed by atoms with Crippen molar-refractivity contribution < 1.29 is 51.0 Å². The van der Waals surface area contributed by atoms with Crippen LogP contribution in [-0.2, 0) is 32.6 Å². The normalized spacial score (nSPS) is 17.9. The zero-order chi connectivity index (χ0) is 15.5. The van der Waals surface area contributed by atoms with E-state index in [-0.39, 0.29) is 51.0 Å². The standard InChI is InChI=1S/C11H12S.C10H10.2ClH.Zr/c1-8(2)6-10-7-9-4-3-5-11(9)12-10;1-8-6-9-4-2-3-5-10(9)7-8;;;/h3-7,10H,1-2H3;2-6H,7H2,1H3;2*1H;/q;;;;+2/p-2. The van der Waals surface area contributed by atoms with Gasteiger partial charge in [0.25, 0.3) is 0 Å². The van der Waals surface area contributed by atoms with Gasteiger partial charge in [0.05, 0.1) is 0 Å². The Balaban J connectivity index is 0.000000416. The molecule has 0 fully saturated rings. The van der Waals surface area contributed by atoms with Gasteiger partial charge < -0.3 is 24.8 Å². The van der Waals surface area contributed by atoms with E-state index in [0.29, 0.717) is 5.25 Å². The topological polar surface area (TPSA) is 0 Å². The summed E-state index contributed by atoms with van der Waals surface area (Å²) in [6, 6.07) is 8.56. The number of halogens is 2. The summed E-state index contributed by atoms with van der Waals surface area (Å²) >= 11 is 1.94. The summed E-state index contributed by atoms with van der Waals surface area (Å²) in [7, 11) is 0. The Kier molecular flexibility index (Phi) is 11.3. The van der Waals surface area contributed by atoms with Crippen molar-refractivity contribution in [2.24, 2.45) is 0 Å². The van der Waals surface area contributed by atoms with Crippen molar-refractivity contribution in [3.05, 3.63) is 87.4 Å². The maximum Gasteiger partial charge on any atom is 2.00 e. The molecule has 4 heteroatoms. The summed E-state index contributed by atoms with van der Waals surface area (Å²) in [6.45, 7) is 6.48. The van der Waals surface area contributed by atoms with Crippen molar-refractivity contribution in [1.29, 1.82) is 0 Å². The third kappa shape index (κ3) is 6.76. The van der Waals surface area contributed by atoms with Crippen LogP contribution in [0.1, 0.15) is 31.9 Å². The molecule has 1 heterocycles. The van der Waals surface area contributed by atoms with Crippen molar-refractivity contribution in [3.63, 3.8) is 0 Å². The monoisotopic (exact) mass is 466 g/mol. The second-order valence-corrected chi connectivity index (χ2v) is 7.42. The maximum absolute atomic E-state index is 2.33. The minimum atomic E-state index is 0. The molecule has 0 saturated carbocycles. The van der Waals surface area contributed by atoms with E-state index in [9.17, 15) is 0 Å². The van der Waals surface area contributed by atoms with E-state index in [1.54, 1.807) is 0 Å². The quantitative estimate of drug-likeness (QED) is 0.527. The molecular formula is C21H22Cl2SZr. The molecule has 4 rings (SSSR count). The SMILES string of the molecule is CC(C)=CC1C=C2C=CC=C2S1.CC1=Cc2ccccc2C1.[Cl-].[Cl-].[Zr+2]. The van der Waals surface area contributed by atoms with Crippen molar-refractivity contribution in [1.82, 2.24) is 0 Å². The van der Waals surface area contributed by atoms with Crippen LogP contribution in [-0.4, -0.2) is 5.25 Å². The van der Waals surface area contributed by atoms with E-state index in [2.05, 4.69) is 81.5 Å². The molecule has 0 radical (unpaired) electrons. The van der Waals surface area contributed by atoms with Gasteiger partial charge in [-0.25, -0.2) is 0 Å². The molecule has 0 saturated heterocycles. The fourth-order valence-electron chi connectivity index (χ4n) is 2.88. The molecule has 1 aliphatic heterocycles. The Morgan fingerprint density at radius 3 is 2.52 bits per heavy atom. The molecule has 1 atom stereocenters. The van der Waals surface area contributed by atoms with Crippen LogP contribution in [0.3, 0.4) is 0 Å². The van der Waals surface area contributed by atoms with Gasteiger partial charge in [0.1, 0.15) is 0 Å². The smallest absolute Gasteiger partial charge is 1.00 e. The molecule has 0 aromatic heterocycles. The van der Waals surface area contributed by atoms with E-state index < -0.39 is 0 Å². The van der Waals surface area contributed by atoms with Crippen LogP contribution >= 0.6 is 11.8 Å². The fraction of sp³-hybridized carbons (Fsp3) is 0.238. The van der Waals surface area contributed by atoms with Gasteiger partial charge in [0.15, 0.2) is 0 Å². The molecule has 0 N–H and O–H groups in total. The van der Waals surface area contributed by atoms with Gasteiger partial charge in [0.2, 0.25) is 0 Å². The maximum atomic E-state index is 2.33. The molecule has 0 spiro atoms. The molecule has 3 aliphatic rings. The van der Waals surface area contributed by atoms with Gasteiger partial charge in [-0.15, -0.1) is 11.8 Å².